The standard InChI is InChI=1S/C14H20N2O4/c1-3-20-11(17)10(2)9-16-12(18)14(15-13(16)19)7-5-4-6-8-14/h2-9H2,1H3,(H,15,19). The van der Waals surface area contributed by atoms with Crippen molar-refractivity contribution in [3.63, 3.8) is 0 Å². The Balaban J connectivity index is 2.06. The Hall–Kier alpha value is -1.85. The van der Waals surface area contributed by atoms with E-state index in [0.29, 0.717) is 12.8 Å². The number of carbonyl (C=O) groups excluding carboxylic acids is 3. The summed E-state index contributed by atoms with van der Waals surface area (Å²) in [5.74, 6) is -0.814. The van der Waals surface area contributed by atoms with Crippen LogP contribution in [0, 0.1) is 0 Å². The Kier molecular flexibility index (Phi) is 4.11. The van der Waals surface area contributed by atoms with Gasteiger partial charge in [-0.3, -0.25) is 9.69 Å². The molecule has 20 heavy (non-hydrogen) atoms. The van der Waals surface area contributed by atoms with Crippen LogP contribution in [0.4, 0.5) is 4.79 Å². The molecule has 0 aromatic heterocycles. The molecule has 0 bridgehead atoms. The van der Waals surface area contributed by atoms with Crippen molar-refractivity contribution in [2.45, 2.75) is 44.6 Å². The summed E-state index contributed by atoms with van der Waals surface area (Å²) < 4.78 is 4.81. The van der Waals surface area contributed by atoms with Crippen molar-refractivity contribution in [2.24, 2.45) is 0 Å². The number of hydrogen-bond acceptors (Lipinski definition) is 4. The summed E-state index contributed by atoms with van der Waals surface area (Å²) in [6, 6.07) is -0.442. The Labute approximate surface area is 118 Å². The Morgan fingerprint density at radius 3 is 2.60 bits per heavy atom. The van der Waals surface area contributed by atoms with Gasteiger partial charge in [0, 0.05) is 5.57 Å². The zero-order valence-electron chi connectivity index (χ0n) is 11.7. The highest BCUT2D eigenvalue weighted by molar-refractivity contribution is 6.08. The first-order valence-electron chi connectivity index (χ1n) is 6.99. The minimum Gasteiger partial charge on any atom is -0.463 e. The third kappa shape index (κ3) is 2.55. The molecule has 6 nitrogen and oxygen atoms in total. The molecule has 0 aromatic carbocycles. The van der Waals surface area contributed by atoms with E-state index in [4.69, 9.17) is 4.74 Å². The molecule has 0 unspecified atom stereocenters. The molecule has 110 valence electrons. The number of amides is 3. The maximum absolute atomic E-state index is 12.5. The molecule has 2 aliphatic rings. The monoisotopic (exact) mass is 280 g/mol. The molecule has 1 aliphatic heterocycles. The first-order chi connectivity index (χ1) is 9.50. The van der Waals surface area contributed by atoms with E-state index in [1.54, 1.807) is 6.92 Å². The fourth-order valence-corrected chi connectivity index (χ4v) is 2.80. The molecule has 1 heterocycles. The minimum absolute atomic E-state index is 0.106. The minimum atomic E-state index is -0.760. The number of rotatable bonds is 4. The summed E-state index contributed by atoms with van der Waals surface area (Å²) in [5, 5.41) is 2.79. The average Bonchev–Trinajstić information content (AvgIpc) is 2.64. The van der Waals surface area contributed by atoms with Gasteiger partial charge < -0.3 is 10.1 Å². The first-order valence-corrected chi connectivity index (χ1v) is 6.99. The largest absolute Gasteiger partial charge is 0.463 e. The highest BCUT2D eigenvalue weighted by Gasteiger charge is 2.51. The molecule has 1 aliphatic carbocycles. The van der Waals surface area contributed by atoms with Gasteiger partial charge in [0.2, 0.25) is 0 Å². The molecule has 6 heteroatoms. The lowest BCUT2D eigenvalue weighted by Gasteiger charge is -2.30. The predicted molar refractivity (Wildman–Crippen MR) is 71.8 cm³/mol. The van der Waals surface area contributed by atoms with Crippen LogP contribution >= 0.6 is 0 Å². The lowest BCUT2D eigenvalue weighted by Crippen LogP contribution is -2.48. The molecule has 1 saturated heterocycles. The second kappa shape index (κ2) is 5.64. The van der Waals surface area contributed by atoms with Gasteiger partial charge in [-0.25, -0.2) is 9.59 Å². The fraction of sp³-hybridized carbons (Fsp3) is 0.643. The highest BCUT2D eigenvalue weighted by Crippen LogP contribution is 2.33. The fourth-order valence-electron chi connectivity index (χ4n) is 2.80. The molecule has 2 rings (SSSR count). The normalized spacial score (nSPS) is 20.9. The summed E-state index contributed by atoms with van der Waals surface area (Å²) in [7, 11) is 0. The van der Waals surface area contributed by atoms with Gasteiger partial charge in [-0.1, -0.05) is 25.8 Å². The van der Waals surface area contributed by atoms with E-state index in [1.807, 2.05) is 0 Å². The van der Waals surface area contributed by atoms with E-state index in [-0.39, 0.29) is 24.6 Å². The zero-order valence-corrected chi connectivity index (χ0v) is 11.7. The number of carbonyl (C=O) groups is 3. The van der Waals surface area contributed by atoms with Crippen LogP contribution in [0.5, 0.6) is 0 Å². The summed E-state index contributed by atoms with van der Waals surface area (Å²) in [6.45, 7) is 5.41. The second-order valence-corrected chi connectivity index (χ2v) is 5.29. The van der Waals surface area contributed by atoms with Crippen LogP contribution in [0.15, 0.2) is 12.2 Å². The summed E-state index contributed by atoms with van der Waals surface area (Å²) in [5.41, 5.74) is -0.646. The smallest absolute Gasteiger partial charge is 0.335 e. The van der Waals surface area contributed by atoms with Crippen molar-refractivity contribution in [1.29, 1.82) is 0 Å². The third-order valence-electron chi connectivity index (χ3n) is 3.87. The molecule has 0 atom stereocenters. The second-order valence-electron chi connectivity index (χ2n) is 5.29. The van der Waals surface area contributed by atoms with Crippen LogP contribution in [-0.2, 0) is 14.3 Å². The van der Waals surface area contributed by atoms with Crippen LogP contribution in [0.1, 0.15) is 39.0 Å². The maximum Gasteiger partial charge on any atom is 0.335 e. The van der Waals surface area contributed by atoms with E-state index < -0.39 is 17.5 Å². The third-order valence-corrected chi connectivity index (χ3v) is 3.87. The Morgan fingerprint density at radius 2 is 2.00 bits per heavy atom. The van der Waals surface area contributed by atoms with Gasteiger partial charge in [0.15, 0.2) is 0 Å². The van der Waals surface area contributed by atoms with E-state index in [1.165, 1.54) is 0 Å². The van der Waals surface area contributed by atoms with Gasteiger partial charge in [0.1, 0.15) is 5.54 Å². The van der Waals surface area contributed by atoms with Crippen LogP contribution in [-0.4, -0.2) is 41.5 Å². The van der Waals surface area contributed by atoms with Crippen LogP contribution < -0.4 is 5.32 Å². The number of nitrogens with one attached hydrogen (secondary N) is 1. The molecular formula is C14H20N2O4. The van der Waals surface area contributed by atoms with Gasteiger partial charge in [0.25, 0.3) is 5.91 Å². The number of imide groups is 1. The van der Waals surface area contributed by atoms with Gasteiger partial charge in [-0.15, -0.1) is 0 Å². The lowest BCUT2D eigenvalue weighted by molar-refractivity contribution is -0.139. The number of ether oxygens (including phenoxy) is 1. The van der Waals surface area contributed by atoms with E-state index in [2.05, 4.69) is 11.9 Å². The summed E-state index contributed by atoms with van der Waals surface area (Å²) in [4.78, 5) is 37.0. The Bertz CT molecular complexity index is 452. The van der Waals surface area contributed by atoms with Crippen molar-refractivity contribution in [1.82, 2.24) is 10.2 Å². The maximum atomic E-state index is 12.5. The molecule has 1 saturated carbocycles. The van der Waals surface area contributed by atoms with Crippen LogP contribution in [0.2, 0.25) is 0 Å². The molecule has 3 amide bonds. The van der Waals surface area contributed by atoms with Gasteiger partial charge in [-0.05, 0) is 19.8 Å². The topological polar surface area (TPSA) is 75.7 Å². The SMILES string of the molecule is C=C(CN1C(=O)NC2(CCCCC2)C1=O)C(=O)OCC. The molecule has 0 aromatic rings. The quantitative estimate of drug-likeness (QED) is 0.479. The van der Waals surface area contributed by atoms with Gasteiger partial charge in [0.05, 0.1) is 13.2 Å². The number of urea groups is 1. The lowest BCUT2D eigenvalue weighted by atomic mass is 9.82. The van der Waals surface area contributed by atoms with Crippen molar-refractivity contribution in [2.75, 3.05) is 13.2 Å². The van der Waals surface area contributed by atoms with Crippen LogP contribution in [0.25, 0.3) is 0 Å². The molecule has 1 N–H and O–H groups in total. The van der Waals surface area contributed by atoms with Crippen LogP contribution in [0.3, 0.4) is 0 Å². The average molecular weight is 280 g/mol. The van der Waals surface area contributed by atoms with Crippen molar-refractivity contribution >= 4 is 17.9 Å². The van der Waals surface area contributed by atoms with Gasteiger partial charge >= 0.3 is 12.0 Å². The molecule has 1 spiro atoms. The predicted octanol–water partition coefficient (Wildman–Crippen LogP) is 1.36. The first kappa shape index (κ1) is 14.6. The number of esters is 1. The van der Waals surface area contributed by atoms with Crippen molar-refractivity contribution in [3.05, 3.63) is 12.2 Å². The zero-order chi connectivity index (χ0) is 14.8. The van der Waals surface area contributed by atoms with Crippen molar-refractivity contribution in [3.8, 4) is 0 Å². The molecule has 2 fully saturated rings. The van der Waals surface area contributed by atoms with Crippen molar-refractivity contribution < 1.29 is 19.1 Å². The highest BCUT2D eigenvalue weighted by atomic mass is 16.5. The molecule has 0 radical (unpaired) electrons. The summed E-state index contributed by atoms with van der Waals surface area (Å²) in [6.07, 6.45) is 4.28. The van der Waals surface area contributed by atoms with Gasteiger partial charge in [-0.2, -0.15) is 0 Å². The van der Waals surface area contributed by atoms with E-state index in [0.717, 1.165) is 24.2 Å². The number of nitrogens with zero attached hydrogens (tertiary/aromatic N) is 1. The summed E-state index contributed by atoms with van der Waals surface area (Å²) >= 11 is 0. The van der Waals surface area contributed by atoms with E-state index >= 15 is 0 Å². The van der Waals surface area contributed by atoms with E-state index in [9.17, 15) is 14.4 Å². The molecular weight excluding hydrogens is 260 g/mol. The Morgan fingerprint density at radius 1 is 1.35 bits per heavy atom. The number of hydrogen-bond donors (Lipinski definition) is 1.